The molecule has 122 valence electrons. The molecule has 4 N–H and O–H groups in total. The van der Waals surface area contributed by atoms with E-state index in [1.807, 2.05) is 25.1 Å². The minimum absolute atomic E-state index is 0. The lowest BCUT2D eigenvalue weighted by Crippen LogP contribution is -2.26. The molecule has 0 aliphatic carbocycles. The molecule has 2 heterocycles. The van der Waals surface area contributed by atoms with Crippen LogP contribution < -0.4 is 16.4 Å². The van der Waals surface area contributed by atoms with Crippen molar-refractivity contribution in [2.45, 2.75) is 25.9 Å². The van der Waals surface area contributed by atoms with E-state index in [0.717, 1.165) is 16.8 Å². The highest BCUT2D eigenvalue weighted by molar-refractivity contribution is 5.99. The normalized spacial score (nSPS) is 13.7. The molecule has 0 spiro atoms. The maximum absolute atomic E-state index is 12.2. The predicted molar refractivity (Wildman–Crippen MR) is 88.5 cm³/mol. The van der Waals surface area contributed by atoms with Gasteiger partial charge >= 0.3 is 0 Å². The van der Waals surface area contributed by atoms with Gasteiger partial charge in [-0.05, 0) is 30.2 Å². The third-order valence-corrected chi connectivity index (χ3v) is 3.72. The van der Waals surface area contributed by atoms with Gasteiger partial charge in [-0.2, -0.15) is 0 Å². The van der Waals surface area contributed by atoms with E-state index in [2.05, 4.69) is 10.6 Å². The number of benzene rings is 1. The monoisotopic (exact) mass is 335 g/mol. The van der Waals surface area contributed by atoms with Gasteiger partial charge in [-0.15, -0.1) is 12.4 Å². The first kappa shape index (κ1) is 17.1. The fourth-order valence-corrected chi connectivity index (χ4v) is 2.49. The van der Waals surface area contributed by atoms with Crippen molar-refractivity contribution in [3.63, 3.8) is 0 Å². The number of halogens is 1. The van der Waals surface area contributed by atoms with E-state index >= 15 is 0 Å². The van der Waals surface area contributed by atoms with Crippen LogP contribution in [0.2, 0.25) is 0 Å². The number of carbonyl (C=O) groups excluding carboxylic acids is 2. The standard InChI is InChI=1S/C16H17N3O3.ClH/c1-9(18-16(21)12-5-13(7-17)22-8-12)10-2-3-14-11(4-10)6-15(20)19-14;/h2-5,8-9H,6-7,17H2,1H3,(H,18,21)(H,19,20);1H. The van der Waals surface area contributed by atoms with Crippen LogP contribution >= 0.6 is 12.4 Å². The summed E-state index contributed by atoms with van der Waals surface area (Å²) in [5.41, 5.74) is 8.66. The van der Waals surface area contributed by atoms with Crippen LogP contribution in [0.5, 0.6) is 0 Å². The smallest absolute Gasteiger partial charge is 0.255 e. The molecule has 0 saturated carbocycles. The zero-order valence-corrected chi connectivity index (χ0v) is 13.4. The number of rotatable bonds is 4. The van der Waals surface area contributed by atoms with Crippen LogP contribution in [0.4, 0.5) is 5.69 Å². The molecule has 1 atom stereocenters. The maximum Gasteiger partial charge on any atom is 0.255 e. The first-order valence-electron chi connectivity index (χ1n) is 7.08. The van der Waals surface area contributed by atoms with E-state index in [0.29, 0.717) is 17.7 Å². The molecule has 1 aromatic heterocycles. The van der Waals surface area contributed by atoms with Crippen molar-refractivity contribution in [3.05, 3.63) is 53.0 Å². The largest absolute Gasteiger partial charge is 0.467 e. The van der Waals surface area contributed by atoms with Gasteiger partial charge in [0.1, 0.15) is 12.0 Å². The van der Waals surface area contributed by atoms with Crippen molar-refractivity contribution in [3.8, 4) is 0 Å². The van der Waals surface area contributed by atoms with Crippen LogP contribution in [0, 0.1) is 0 Å². The third-order valence-electron chi connectivity index (χ3n) is 3.72. The zero-order valence-electron chi connectivity index (χ0n) is 12.6. The molecule has 1 aliphatic rings. The summed E-state index contributed by atoms with van der Waals surface area (Å²) < 4.78 is 5.16. The zero-order chi connectivity index (χ0) is 15.7. The number of amides is 2. The molecule has 0 saturated heterocycles. The lowest BCUT2D eigenvalue weighted by molar-refractivity contribution is -0.115. The topological polar surface area (TPSA) is 97.4 Å². The number of anilines is 1. The van der Waals surface area contributed by atoms with Gasteiger partial charge in [0.15, 0.2) is 0 Å². The Balaban J connectivity index is 0.00000192. The third kappa shape index (κ3) is 3.55. The highest BCUT2D eigenvalue weighted by Gasteiger charge is 2.20. The van der Waals surface area contributed by atoms with E-state index in [9.17, 15) is 9.59 Å². The Kier molecular flexibility index (Phi) is 5.08. The molecular formula is C16H18ClN3O3. The van der Waals surface area contributed by atoms with Gasteiger partial charge in [0.25, 0.3) is 5.91 Å². The number of nitrogens with one attached hydrogen (secondary N) is 2. The number of hydrogen-bond acceptors (Lipinski definition) is 4. The number of furan rings is 1. The van der Waals surface area contributed by atoms with Crippen molar-refractivity contribution >= 4 is 29.9 Å². The van der Waals surface area contributed by atoms with Gasteiger partial charge in [-0.25, -0.2) is 0 Å². The molecule has 0 radical (unpaired) electrons. The molecule has 1 unspecified atom stereocenters. The van der Waals surface area contributed by atoms with Crippen molar-refractivity contribution in [2.75, 3.05) is 5.32 Å². The van der Waals surface area contributed by atoms with Crippen molar-refractivity contribution in [1.29, 1.82) is 0 Å². The summed E-state index contributed by atoms with van der Waals surface area (Å²) in [5.74, 6) is 0.349. The average molecular weight is 336 g/mol. The summed E-state index contributed by atoms with van der Waals surface area (Å²) in [7, 11) is 0. The Labute approximate surface area is 139 Å². The highest BCUT2D eigenvalue weighted by Crippen LogP contribution is 2.26. The summed E-state index contributed by atoms with van der Waals surface area (Å²) in [4.78, 5) is 23.5. The fraction of sp³-hybridized carbons (Fsp3) is 0.250. The van der Waals surface area contributed by atoms with Crippen LogP contribution in [0.1, 0.15) is 40.2 Å². The van der Waals surface area contributed by atoms with Crippen LogP contribution in [0.15, 0.2) is 34.9 Å². The van der Waals surface area contributed by atoms with Gasteiger partial charge in [0.05, 0.1) is 24.6 Å². The second-order valence-corrected chi connectivity index (χ2v) is 5.34. The van der Waals surface area contributed by atoms with Gasteiger partial charge in [0, 0.05) is 5.69 Å². The fourth-order valence-electron chi connectivity index (χ4n) is 2.49. The summed E-state index contributed by atoms with van der Waals surface area (Å²) >= 11 is 0. The Morgan fingerprint density at radius 1 is 1.43 bits per heavy atom. The van der Waals surface area contributed by atoms with Crippen molar-refractivity contribution in [1.82, 2.24) is 5.32 Å². The molecular weight excluding hydrogens is 318 g/mol. The van der Waals surface area contributed by atoms with E-state index in [4.69, 9.17) is 10.2 Å². The number of nitrogens with two attached hydrogens (primary N) is 1. The Bertz CT molecular complexity index is 742. The highest BCUT2D eigenvalue weighted by atomic mass is 35.5. The second kappa shape index (κ2) is 6.85. The molecule has 0 bridgehead atoms. The van der Waals surface area contributed by atoms with Gasteiger partial charge in [0.2, 0.25) is 5.91 Å². The first-order chi connectivity index (χ1) is 10.6. The maximum atomic E-state index is 12.2. The predicted octanol–water partition coefficient (Wildman–Crippen LogP) is 2.15. The summed E-state index contributed by atoms with van der Waals surface area (Å²) in [5, 5.41) is 5.70. The van der Waals surface area contributed by atoms with Crippen LogP contribution in [-0.2, 0) is 17.8 Å². The molecule has 7 heteroatoms. The van der Waals surface area contributed by atoms with Crippen LogP contribution in [0.25, 0.3) is 0 Å². The van der Waals surface area contributed by atoms with Crippen molar-refractivity contribution < 1.29 is 14.0 Å². The number of hydrogen-bond donors (Lipinski definition) is 3. The van der Waals surface area contributed by atoms with Crippen LogP contribution in [-0.4, -0.2) is 11.8 Å². The van der Waals surface area contributed by atoms with E-state index in [1.165, 1.54) is 6.26 Å². The summed E-state index contributed by atoms with van der Waals surface area (Å²) in [6.07, 6.45) is 1.78. The summed E-state index contributed by atoms with van der Waals surface area (Å²) in [6.45, 7) is 2.16. The molecule has 2 amide bonds. The van der Waals surface area contributed by atoms with Gasteiger partial charge in [-0.1, -0.05) is 12.1 Å². The molecule has 2 aromatic rings. The molecule has 1 aliphatic heterocycles. The molecule has 23 heavy (non-hydrogen) atoms. The minimum atomic E-state index is -0.217. The number of carbonyl (C=O) groups is 2. The van der Waals surface area contributed by atoms with Crippen molar-refractivity contribution in [2.24, 2.45) is 5.73 Å². The molecule has 6 nitrogen and oxygen atoms in total. The quantitative estimate of drug-likeness (QED) is 0.797. The lowest BCUT2D eigenvalue weighted by atomic mass is 10.0. The molecule has 0 fully saturated rings. The lowest BCUT2D eigenvalue weighted by Gasteiger charge is -2.14. The SMILES string of the molecule is CC(NC(=O)c1coc(CN)c1)c1ccc2c(c1)CC(=O)N2.Cl. The van der Waals surface area contributed by atoms with Crippen LogP contribution in [0.3, 0.4) is 0 Å². The summed E-state index contributed by atoms with van der Waals surface area (Å²) in [6, 6.07) is 7.16. The second-order valence-electron chi connectivity index (χ2n) is 5.34. The minimum Gasteiger partial charge on any atom is -0.467 e. The first-order valence-corrected chi connectivity index (χ1v) is 7.08. The molecule has 1 aromatic carbocycles. The van der Waals surface area contributed by atoms with E-state index in [1.54, 1.807) is 6.07 Å². The van der Waals surface area contributed by atoms with Gasteiger partial charge < -0.3 is 20.8 Å². The molecule has 3 rings (SSSR count). The Morgan fingerprint density at radius 3 is 2.91 bits per heavy atom. The Hall–Kier alpha value is -2.31. The number of fused-ring (bicyclic) bond motifs is 1. The van der Waals surface area contributed by atoms with E-state index in [-0.39, 0.29) is 36.8 Å². The Morgan fingerprint density at radius 2 is 2.22 bits per heavy atom. The average Bonchev–Trinajstić information content (AvgIpc) is 3.11. The van der Waals surface area contributed by atoms with E-state index < -0.39 is 0 Å². The van der Waals surface area contributed by atoms with Gasteiger partial charge in [-0.3, -0.25) is 9.59 Å².